The molecule has 4 bridgehead atoms. The summed E-state index contributed by atoms with van der Waals surface area (Å²) in [5.74, 6) is -1.59. The van der Waals surface area contributed by atoms with Gasteiger partial charge in [-0.1, -0.05) is 41.9 Å². The van der Waals surface area contributed by atoms with Crippen molar-refractivity contribution >= 4 is 56.7 Å². The molecule has 256 valence electrons. The van der Waals surface area contributed by atoms with Crippen LogP contribution in [-0.2, 0) is 35.7 Å². The molecule has 4 aliphatic carbocycles. The lowest BCUT2D eigenvalue weighted by molar-refractivity contribution is -0.149. The van der Waals surface area contributed by atoms with Crippen LogP contribution in [0.1, 0.15) is 74.2 Å². The molecule has 0 saturated heterocycles. The Morgan fingerprint density at radius 2 is 1.54 bits per heavy atom. The maximum absolute atomic E-state index is 15.2. The van der Waals surface area contributed by atoms with Crippen LogP contribution in [0.2, 0.25) is 5.02 Å². The first kappa shape index (κ1) is 34.1. The summed E-state index contributed by atoms with van der Waals surface area (Å²) in [6.45, 7) is 0.615. The summed E-state index contributed by atoms with van der Waals surface area (Å²) in [7, 11) is -3.88. The molecule has 2 aromatic rings. The fourth-order valence-corrected chi connectivity index (χ4v) is 9.93. The molecule has 7 rings (SSSR count). The molecule has 4 amide bonds. The number of sulfonamides is 1. The first-order valence-electron chi connectivity index (χ1n) is 16.5. The Balaban J connectivity index is 1.44. The monoisotopic (exact) mass is 696 g/mol. The molecule has 1 aliphatic heterocycles. The number of para-hydroxylation sites is 1. The van der Waals surface area contributed by atoms with Gasteiger partial charge in [-0.25, -0.2) is 8.42 Å². The Labute approximate surface area is 285 Å². The quantitative estimate of drug-likeness (QED) is 0.426. The van der Waals surface area contributed by atoms with E-state index in [0.29, 0.717) is 40.4 Å². The Morgan fingerprint density at radius 3 is 2.15 bits per heavy atom. The Hall–Kier alpha value is -3.77. The third kappa shape index (κ3) is 7.15. The second-order valence-corrected chi connectivity index (χ2v) is 16.4. The van der Waals surface area contributed by atoms with E-state index in [4.69, 9.17) is 11.6 Å². The number of amides is 4. The normalized spacial score (nSPS) is 28.3. The van der Waals surface area contributed by atoms with E-state index >= 15 is 4.79 Å². The van der Waals surface area contributed by atoms with Crippen molar-refractivity contribution < 1.29 is 32.4 Å². The number of anilines is 1. The van der Waals surface area contributed by atoms with Crippen LogP contribution in [0.3, 0.4) is 0 Å². The summed E-state index contributed by atoms with van der Waals surface area (Å²) in [6.07, 6.45) is 7.06. The van der Waals surface area contributed by atoms with E-state index in [9.17, 15) is 27.6 Å². The standard InChI is InChI=1S/C35H41ClN4O7S/c1-21(41)40-29(33(44)37-19-32(43)38-48(2,46)47)14-31(42)26-8-4-6-10-28(26)39(20-25-7-3-5-9-27(25)36)34(45)30(40)18-35-15-22-11-23(16-35)13-24(12-22)17-35/h3-10,22-24,29-30H,11-20H2,1-2H3,(H,37,44)(H,38,43)/t22?,23?,24?,29-,30+,35?/m0/s1. The molecule has 2 aromatic carbocycles. The lowest BCUT2D eigenvalue weighted by Crippen LogP contribution is -2.61. The Bertz CT molecular complexity index is 1730. The number of rotatable bonds is 8. The van der Waals surface area contributed by atoms with Crippen LogP contribution in [0, 0.1) is 23.2 Å². The smallest absolute Gasteiger partial charge is 0.252 e. The molecule has 4 saturated carbocycles. The number of nitrogens with zero attached hydrogens (tertiary/aromatic N) is 2. The van der Waals surface area contributed by atoms with Crippen LogP contribution in [-0.4, -0.2) is 67.6 Å². The number of halogens is 1. The van der Waals surface area contributed by atoms with Gasteiger partial charge in [0.2, 0.25) is 27.7 Å². The summed E-state index contributed by atoms with van der Waals surface area (Å²) in [6, 6.07) is 11.3. The van der Waals surface area contributed by atoms with E-state index in [1.165, 1.54) is 36.0 Å². The zero-order valence-corrected chi connectivity index (χ0v) is 28.7. The number of fused-ring (bicyclic) bond motifs is 1. The SMILES string of the molecule is CC(=O)N1[C@H](CC23CC4CC(CC(C4)C2)C3)C(=O)N(Cc2ccccc2Cl)c2ccccc2C(=O)C[C@H]1C(=O)NCC(=O)NS(C)(=O)=O. The van der Waals surface area contributed by atoms with E-state index in [0.717, 1.165) is 25.5 Å². The van der Waals surface area contributed by atoms with E-state index in [1.54, 1.807) is 47.2 Å². The van der Waals surface area contributed by atoms with Crippen molar-refractivity contribution in [2.24, 2.45) is 23.2 Å². The van der Waals surface area contributed by atoms with Crippen molar-refractivity contribution in [2.75, 3.05) is 17.7 Å². The van der Waals surface area contributed by atoms with Gasteiger partial charge >= 0.3 is 0 Å². The highest BCUT2D eigenvalue weighted by molar-refractivity contribution is 7.89. The summed E-state index contributed by atoms with van der Waals surface area (Å²) >= 11 is 6.58. The molecule has 0 spiro atoms. The molecule has 1 heterocycles. The summed E-state index contributed by atoms with van der Waals surface area (Å²) in [5.41, 5.74) is 1.03. The fraction of sp³-hybridized carbons (Fsp3) is 0.514. The Kier molecular flexibility index (Phi) is 9.43. The first-order valence-corrected chi connectivity index (χ1v) is 18.7. The van der Waals surface area contributed by atoms with Crippen LogP contribution < -0.4 is 14.9 Å². The molecule has 48 heavy (non-hydrogen) atoms. The van der Waals surface area contributed by atoms with Gasteiger partial charge < -0.3 is 15.1 Å². The zero-order chi connectivity index (χ0) is 34.4. The van der Waals surface area contributed by atoms with Gasteiger partial charge in [0.05, 0.1) is 25.0 Å². The molecule has 0 radical (unpaired) electrons. The number of carbonyl (C=O) groups excluding carboxylic acids is 5. The van der Waals surface area contributed by atoms with Crippen LogP contribution in [0.15, 0.2) is 48.5 Å². The van der Waals surface area contributed by atoms with Gasteiger partial charge in [-0.05, 0) is 91.9 Å². The van der Waals surface area contributed by atoms with Crippen molar-refractivity contribution in [1.29, 1.82) is 0 Å². The second-order valence-electron chi connectivity index (χ2n) is 14.3. The predicted molar refractivity (Wildman–Crippen MR) is 179 cm³/mol. The average Bonchev–Trinajstić information content (AvgIpc) is 3.03. The molecule has 0 aromatic heterocycles. The molecule has 13 heteroatoms. The topological polar surface area (TPSA) is 150 Å². The molecule has 2 atom stereocenters. The highest BCUT2D eigenvalue weighted by Gasteiger charge is 2.54. The number of benzene rings is 2. The van der Waals surface area contributed by atoms with Gasteiger partial charge in [-0.15, -0.1) is 0 Å². The molecule has 2 N–H and O–H groups in total. The first-order chi connectivity index (χ1) is 22.7. The number of ketones is 1. The number of Topliss-reactive ketones (excluding diaryl/α,β-unsaturated/α-hetero) is 1. The van der Waals surface area contributed by atoms with E-state index in [1.807, 2.05) is 6.07 Å². The van der Waals surface area contributed by atoms with Crippen LogP contribution >= 0.6 is 11.6 Å². The highest BCUT2D eigenvalue weighted by Crippen LogP contribution is 2.62. The molecule has 5 aliphatic rings. The molecular weight excluding hydrogens is 656 g/mol. The summed E-state index contributed by atoms with van der Waals surface area (Å²) in [4.78, 5) is 72.0. The van der Waals surface area contributed by atoms with E-state index in [2.05, 4.69) is 5.32 Å². The molecule has 4 fully saturated rings. The van der Waals surface area contributed by atoms with Crippen molar-refractivity contribution in [3.63, 3.8) is 0 Å². The Morgan fingerprint density at radius 1 is 0.938 bits per heavy atom. The maximum Gasteiger partial charge on any atom is 0.252 e. The number of hydrogen-bond donors (Lipinski definition) is 2. The maximum atomic E-state index is 15.2. The number of hydrogen-bond acceptors (Lipinski definition) is 7. The number of carbonyl (C=O) groups is 5. The minimum Gasteiger partial charge on any atom is -0.345 e. The third-order valence-corrected chi connectivity index (χ3v) is 11.5. The molecular formula is C35H41ClN4O7S. The zero-order valence-electron chi connectivity index (χ0n) is 27.1. The predicted octanol–water partition coefficient (Wildman–Crippen LogP) is 3.84. The summed E-state index contributed by atoms with van der Waals surface area (Å²) < 4.78 is 25.0. The van der Waals surface area contributed by atoms with Crippen LogP contribution in [0.5, 0.6) is 0 Å². The van der Waals surface area contributed by atoms with Crippen molar-refractivity contribution in [2.45, 2.75) is 76.9 Å². The molecule has 11 nitrogen and oxygen atoms in total. The lowest BCUT2D eigenvalue weighted by atomic mass is 9.48. The van der Waals surface area contributed by atoms with Gasteiger partial charge in [0.25, 0.3) is 5.91 Å². The van der Waals surface area contributed by atoms with E-state index < -0.39 is 64.5 Å². The van der Waals surface area contributed by atoms with Gasteiger partial charge in [-0.3, -0.25) is 28.7 Å². The van der Waals surface area contributed by atoms with Crippen molar-refractivity contribution in [3.8, 4) is 0 Å². The largest absolute Gasteiger partial charge is 0.345 e. The average molecular weight is 697 g/mol. The second kappa shape index (κ2) is 13.3. The third-order valence-electron chi connectivity index (χ3n) is 10.6. The van der Waals surface area contributed by atoms with Crippen LogP contribution in [0.4, 0.5) is 5.69 Å². The van der Waals surface area contributed by atoms with Gasteiger partial charge in [0, 0.05) is 23.9 Å². The molecule has 0 unspecified atom stereocenters. The minimum atomic E-state index is -3.88. The summed E-state index contributed by atoms with van der Waals surface area (Å²) in [5, 5.41) is 2.87. The van der Waals surface area contributed by atoms with Gasteiger partial charge in [-0.2, -0.15) is 0 Å². The van der Waals surface area contributed by atoms with Crippen molar-refractivity contribution in [1.82, 2.24) is 14.9 Å². The number of nitrogens with one attached hydrogen (secondary N) is 2. The van der Waals surface area contributed by atoms with Gasteiger partial charge in [0.15, 0.2) is 5.78 Å². The minimum absolute atomic E-state index is 0.0362. The lowest BCUT2D eigenvalue weighted by Gasteiger charge is -2.58. The van der Waals surface area contributed by atoms with Gasteiger partial charge in [0.1, 0.15) is 12.1 Å². The van der Waals surface area contributed by atoms with Crippen molar-refractivity contribution in [3.05, 3.63) is 64.7 Å². The highest BCUT2D eigenvalue weighted by atomic mass is 35.5. The van der Waals surface area contributed by atoms with Crippen LogP contribution in [0.25, 0.3) is 0 Å². The fourth-order valence-electron chi connectivity index (χ4n) is 9.25. The van der Waals surface area contributed by atoms with E-state index in [-0.39, 0.29) is 17.5 Å².